The average Bonchev–Trinajstić information content (AvgIpc) is 3.21. The zero-order valence-electron chi connectivity index (χ0n) is 21.1. The van der Waals surface area contributed by atoms with Gasteiger partial charge in [0.15, 0.2) is 5.78 Å². The van der Waals surface area contributed by atoms with Gasteiger partial charge < -0.3 is 20.1 Å². The van der Waals surface area contributed by atoms with Crippen LogP contribution in [0.2, 0.25) is 0 Å². The molecule has 4 aliphatic rings. The number of ether oxygens (including phenoxy) is 1. The fourth-order valence-electron chi connectivity index (χ4n) is 8.70. The van der Waals surface area contributed by atoms with Crippen molar-refractivity contribution in [2.45, 2.75) is 97.7 Å². The molecule has 190 valence electrons. The number of carbonyl (C=O) groups excluding carboxylic acids is 1. The van der Waals surface area contributed by atoms with Crippen LogP contribution in [0.15, 0.2) is 11.1 Å². The SMILES string of the molecule is CC(CCC(=O)O)C1CCC2(C)C3=C(C(=O)CC12C)C(C)(CCC(=O)O)C1CC3OC1(C)CO. The minimum Gasteiger partial charge on any atom is -0.481 e. The molecule has 4 rings (SSSR count). The maximum atomic E-state index is 14.0. The first-order valence-corrected chi connectivity index (χ1v) is 12.7. The van der Waals surface area contributed by atoms with Crippen molar-refractivity contribution in [3.63, 3.8) is 0 Å². The van der Waals surface area contributed by atoms with Crippen molar-refractivity contribution in [2.75, 3.05) is 6.61 Å². The summed E-state index contributed by atoms with van der Waals surface area (Å²) in [6, 6.07) is 0. The van der Waals surface area contributed by atoms with E-state index in [0.717, 1.165) is 24.0 Å². The third-order valence-electron chi connectivity index (χ3n) is 10.6. The monoisotopic (exact) mass is 476 g/mol. The van der Waals surface area contributed by atoms with Gasteiger partial charge in [0.25, 0.3) is 0 Å². The maximum Gasteiger partial charge on any atom is 0.303 e. The van der Waals surface area contributed by atoms with Gasteiger partial charge >= 0.3 is 11.9 Å². The zero-order chi connectivity index (χ0) is 25.3. The summed E-state index contributed by atoms with van der Waals surface area (Å²) in [5.41, 5.74) is -0.296. The Labute approximate surface area is 201 Å². The summed E-state index contributed by atoms with van der Waals surface area (Å²) in [6.45, 7) is 10.3. The highest BCUT2D eigenvalue weighted by Crippen LogP contribution is 2.72. The molecule has 1 heterocycles. The number of hydrogen-bond donors (Lipinski definition) is 3. The topological polar surface area (TPSA) is 121 Å². The number of Topliss-reactive ketones (excluding diaryl/α,β-unsaturated/α-hetero) is 1. The van der Waals surface area contributed by atoms with E-state index in [1.807, 2.05) is 13.8 Å². The van der Waals surface area contributed by atoms with Crippen molar-refractivity contribution in [2.24, 2.45) is 34.0 Å². The minimum absolute atomic E-state index is 0.0356. The van der Waals surface area contributed by atoms with Gasteiger partial charge in [-0.25, -0.2) is 0 Å². The van der Waals surface area contributed by atoms with Gasteiger partial charge in [0.05, 0.1) is 18.3 Å². The number of fused-ring (bicyclic) bond motifs is 5. The lowest BCUT2D eigenvalue weighted by Gasteiger charge is -2.56. The fourth-order valence-corrected chi connectivity index (χ4v) is 8.70. The normalized spacial score (nSPS) is 44.1. The molecular formula is C27H40O7. The number of carboxylic acid groups (broad SMARTS) is 2. The third kappa shape index (κ3) is 3.41. The van der Waals surface area contributed by atoms with E-state index in [-0.39, 0.29) is 59.9 Å². The second kappa shape index (κ2) is 8.16. The van der Waals surface area contributed by atoms with E-state index < -0.39 is 23.0 Å². The van der Waals surface area contributed by atoms with Crippen LogP contribution in [-0.4, -0.2) is 51.4 Å². The van der Waals surface area contributed by atoms with Crippen LogP contribution in [0, 0.1) is 34.0 Å². The van der Waals surface area contributed by atoms with E-state index >= 15 is 0 Å². The van der Waals surface area contributed by atoms with Crippen LogP contribution in [-0.2, 0) is 19.1 Å². The molecule has 2 fully saturated rings. The minimum atomic E-state index is -0.886. The molecule has 1 saturated carbocycles. The van der Waals surface area contributed by atoms with E-state index in [1.165, 1.54) is 0 Å². The average molecular weight is 477 g/mol. The number of carboxylic acids is 2. The molecule has 0 spiro atoms. The van der Waals surface area contributed by atoms with Gasteiger partial charge in [-0.1, -0.05) is 27.7 Å². The molecule has 1 aliphatic heterocycles. The van der Waals surface area contributed by atoms with E-state index in [1.54, 1.807) is 0 Å². The summed E-state index contributed by atoms with van der Waals surface area (Å²) in [7, 11) is 0. The van der Waals surface area contributed by atoms with Gasteiger partial charge in [0.1, 0.15) is 0 Å². The second-order valence-corrected chi connectivity index (χ2v) is 12.4. The number of carbonyl (C=O) groups is 3. The molecule has 0 radical (unpaired) electrons. The molecule has 8 unspecified atom stereocenters. The molecule has 0 aromatic heterocycles. The fraction of sp³-hybridized carbons (Fsp3) is 0.815. The van der Waals surface area contributed by atoms with Crippen LogP contribution >= 0.6 is 0 Å². The number of ketones is 1. The third-order valence-corrected chi connectivity index (χ3v) is 10.6. The van der Waals surface area contributed by atoms with E-state index in [9.17, 15) is 29.7 Å². The van der Waals surface area contributed by atoms with Crippen LogP contribution in [0.1, 0.15) is 86.0 Å². The first-order valence-electron chi connectivity index (χ1n) is 12.7. The van der Waals surface area contributed by atoms with E-state index in [2.05, 4.69) is 20.8 Å². The van der Waals surface area contributed by atoms with E-state index in [0.29, 0.717) is 25.7 Å². The Morgan fingerprint density at radius 3 is 2.35 bits per heavy atom. The number of aliphatic hydroxyl groups excluding tert-OH is 1. The summed E-state index contributed by atoms with van der Waals surface area (Å²) in [5, 5.41) is 29.0. The van der Waals surface area contributed by atoms with Crippen molar-refractivity contribution in [3.05, 3.63) is 11.1 Å². The molecule has 0 aromatic rings. The number of aliphatic hydroxyl groups is 1. The molecule has 8 atom stereocenters. The highest BCUT2D eigenvalue weighted by molar-refractivity contribution is 6.00. The van der Waals surface area contributed by atoms with Crippen molar-refractivity contribution in [1.29, 1.82) is 0 Å². The Morgan fingerprint density at radius 1 is 1.12 bits per heavy atom. The summed E-state index contributed by atoms with van der Waals surface area (Å²) >= 11 is 0. The molecule has 0 aromatic carbocycles. The predicted molar refractivity (Wildman–Crippen MR) is 125 cm³/mol. The maximum absolute atomic E-state index is 14.0. The summed E-state index contributed by atoms with van der Waals surface area (Å²) in [6.07, 6.45) is 3.67. The van der Waals surface area contributed by atoms with Gasteiger partial charge in [-0.05, 0) is 67.3 Å². The Kier molecular flexibility index (Phi) is 6.08. The number of rotatable bonds is 8. The molecule has 3 aliphatic carbocycles. The van der Waals surface area contributed by atoms with Crippen LogP contribution in [0.25, 0.3) is 0 Å². The van der Waals surface area contributed by atoms with Crippen LogP contribution in [0.3, 0.4) is 0 Å². The molecule has 0 amide bonds. The van der Waals surface area contributed by atoms with Gasteiger partial charge in [0, 0.05) is 36.2 Å². The molecule has 34 heavy (non-hydrogen) atoms. The number of allylic oxidation sites excluding steroid dienone is 1. The summed E-state index contributed by atoms with van der Waals surface area (Å²) in [5.74, 6) is -1.32. The quantitative estimate of drug-likeness (QED) is 0.479. The lowest BCUT2D eigenvalue weighted by atomic mass is 9.46. The van der Waals surface area contributed by atoms with Gasteiger partial charge in [-0.2, -0.15) is 0 Å². The molecule has 2 bridgehead atoms. The largest absolute Gasteiger partial charge is 0.481 e. The molecule has 3 N–H and O–H groups in total. The van der Waals surface area contributed by atoms with Crippen molar-refractivity contribution < 1.29 is 34.4 Å². The Balaban J connectivity index is 1.82. The Hall–Kier alpha value is -1.73. The van der Waals surface area contributed by atoms with Crippen molar-refractivity contribution in [3.8, 4) is 0 Å². The number of aliphatic carboxylic acids is 2. The molecule has 7 heteroatoms. The van der Waals surface area contributed by atoms with Gasteiger partial charge in [-0.3, -0.25) is 14.4 Å². The summed E-state index contributed by atoms with van der Waals surface area (Å²) < 4.78 is 6.55. The number of hydrogen-bond acceptors (Lipinski definition) is 5. The lowest BCUT2D eigenvalue weighted by molar-refractivity contribution is -0.139. The zero-order valence-corrected chi connectivity index (χ0v) is 21.1. The van der Waals surface area contributed by atoms with E-state index in [4.69, 9.17) is 4.74 Å². The first-order chi connectivity index (χ1) is 15.7. The van der Waals surface area contributed by atoms with Crippen LogP contribution in [0.5, 0.6) is 0 Å². The standard InChI is InChI=1S/C27H40O7/c1-15(6-7-20(30)31)16-8-11-25(3)23-18-12-19(27(5,14-28)34-18)24(2,10-9-21(32)33)22(23)17(29)13-26(16,25)4/h15-16,18-19,28H,6-14H2,1-5H3,(H,30,31)(H,32,33). The predicted octanol–water partition coefficient (Wildman–Crippen LogP) is 4.22. The van der Waals surface area contributed by atoms with Gasteiger partial charge in [-0.15, -0.1) is 0 Å². The lowest BCUT2D eigenvalue weighted by Crippen LogP contribution is -2.54. The summed E-state index contributed by atoms with van der Waals surface area (Å²) in [4.78, 5) is 36.8. The van der Waals surface area contributed by atoms with Crippen molar-refractivity contribution in [1.82, 2.24) is 0 Å². The van der Waals surface area contributed by atoms with Crippen LogP contribution in [0.4, 0.5) is 0 Å². The van der Waals surface area contributed by atoms with Gasteiger partial charge in [0.2, 0.25) is 0 Å². The molecular weight excluding hydrogens is 436 g/mol. The molecule has 7 nitrogen and oxygen atoms in total. The molecule has 1 saturated heterocycles. The highest BCUT2D eigenvalue weighted by atomic mass is 16.5. The van der Waals surface area contributed by atoms with Crippen LogP contribution < -0.4 is 0 Å². The highest BCUT2D eigenvalue weighted by Gasteiger charge is 2.69. The Morgan fingerprint density at radius 2 is 1.76 bits per heavy atom. The second-order valence-electron chi connectivity index (χ2n) is 12.4. The van der Waals surface area contributed by atoms with Crippen molar-refractivity contribution >= 4 is 17.7 Å². The Bertz CT molecular complexity index is 939. The smallest absolute Gasteiger partial charge is 0.303 e. The first kappa shape index (κ1) is 25.4.